The highest BCUT2D eigenvalue weighted by Crippen LogP contribution is 2.22. The van der Waals surface area contributed by atoms with Gasteiger partial charge in [0.1, 0.15) is 5.76 Å². The summed E-state index contributed by atoms with van der Waals surface area (Å²) >= 11 is 0. The molecule has 0 unspecified atom stereocenters. The van der Waals surface area contributed by atoms with Crippen molar-refractivity contribution in [2.24, 2.45) is 0 Å². The van der Waals surface area contributed by atoms with Crippen LogP contribution in [0.3, 0.4) is 0 Å². The van der Waals surface area contributed by atoms with Gasteiger partial charge in [-0.3, -0.25) is 4.79 Å². The molecule has 0 saturated carbocycles. The molecule has 0 spiro atoms. The van der Waals surface area contributed by atoms with Crippen LogP contribution in [0, 0.1) is 20.8 Å². The van der Waals surface area contributed by atoms with Gasteiger partial charge < -0.3 is 4.42 Å². The van der Waals surface area contributed by atoms with Gasteiger partial charge in [0.25, 0.3) is 0 Å². The van der Waals surface area contributed by atoms with Gasteiger partial charge in [0, 0.05) is 12.0 Å². The molecule has 0 fully saturated rings. The molecule has 0 aliphatic carbocycles. The summed E-state index contributed by atoms with van der Waals surface area (Å²) in [5.74, 6) is 0.829. The van der Waals surface area contributed by atoms with Crippen molar-refractivity contribution in [2.45, 2.75) is 34.1 Å². The molecule has 0 radical (unpaired) electrons. The van der Waals surface area contributed by atoms with Crippen LogP contribution in [-0.4, -0.2) is 5.78 Å². The second kappa shape index (κ2) is 4.81. The normalized spacial score (nSPS) is 10.7. The lowest BCUT2D eigenvalue weighted by molar-refractivity contribution is 0.103. The number of ketones is 1. The Balaban J connectivity index is 2.53. The van der Waals surface area contributed by atoms with Crippen molar-refractivity contribution in [1.82, 2.24) is 0 Å². The molecule has 0 saturated heterocycles. The van der Waals surface area contributed by atoms with Gasteiger partial charge in [-0.2, -0.15) is 0 Å². The fourth-order valence-electron chi connectivity index (χ4n) is 2.49. The summed E-state index contributed by atoms with van der Waals surface area (Å²) in [7, 11) is 0. The van der Waals surface area contributed by atoms with E-state index < -0.39 is 0 Å². The lowest BCUT2D eigenvalue weighted by Crippen LogP contribution is -2.07. The summed E-state index contributed by atoms with van der Waals surface area (Å²) in [6.45, 7) is 8.01. The zero-order valence-electron chi connectivity index (χ0n) is 11.3. The second-order valence-corrected chi connectivity index (χ2v) is 4.71. The first-order valence-corrected chi connectivity index (χ1v) is 6.23. The molecule has 0 bridgehead atoms. The fraction of sp³-hybridized carbons (Fsp3) is 0.312. The molecule has 0 amide bonds. The number of hydrogen-bond donors (Lipinski definition) is 0. The van der Waals surface area contributed by atoms with Gasteiger partial charge in [0.05, 0.1) is 11.8 Å². The van der Waals surface area contributed by atoms with Gasteiger partial charge in [0.15, 0.2) is 5.78 Å². The Kier molecular flexibility index (Phi) is 3.37. The van der Waals surface area contributed by atoms with Crippen molar-refractivity contribution in [1.29, 1.82) is 0 Å². The van der Waals surface area contributed by atoms with Crippen molar-refractivity contribution in [3.63, 3.8) is 0 Å². The van der Waals surface area contributed by atoms with E-state index in [0.29, 0.717) is 5.56 Å². The largest absolute Gasteiger partial charge is 0.469 e. The third-order valence-electron chi connectivity index (χ3n) is 3.22. The minimum atomic E-state index is 0.0654. The first-order chi connectivity index (χ1) is 8.54. The van der Waals surface area contributed by atoms with E-state index in [1.54, 1.807) is 12.3 Å². The molecule has 0 N–H and O–H groups in total. The third kappa shape index (κ3) is 2.10. The smallest absolute Gasteiger partial charge is 0.197 e. The SMILES string of the molecule is CCc1occc1C(=O)c1c(C)cc(C)cc1C. The fourth-order valence-corrected chi connectivity index (χ4v) is 2.49. The van der Waals surface area contributed by atoms with Crippen molar-refractivity contribution in [3.05, 3.63) is 58.0 Å². The van der Waals surface area contributed by atoms with Gasteiger partial charge >= 0.3 is 0 Å². The molecule has 2 rings (SSSR count). The molecule has 1 heterocycles. The predicted molar refractivity (Wildman–Crippen MR) is 72.2 cm³/mol. The van der Waals surface area contributed by atoms with E-state index in [2.05, 4.69) is 0 Å². The standard InChI is InChI=1S/C16H18O2/c1-5-14-13(6-7-18-14)16(17)15-11(3)8-10(2)9-12(15)4/h6-9H,5H2,1-4H3. The molecule has 0 aliphatic rings. The molecule has 0 aliphatic heterocycles. The minimum absolute atomic E-state index is 0.0654. The zero-order chi connectivity index (χ0) is 13.3. The second-order valence-electron chi connectivity index (χ2n) is 4.71. The summed E-state index contributed by atoms with van der Waals surface area (Å²) in [6.07, 6.45) is 2.32. The maximum absolute atomic E-state index is 12.6. The number of rotatable bonds is 3. The Morgan fingerprint density at radius 2 is 1.78 bits per heavy atom. The van der Waals surface area contributed by atoms with Crippen LogP contribution < -0.4 is 0 Å². The van der Waals surface area contributed by atoms with Crippen molar-refractivity contribution in [2.75, 3.05) is 0 Å². The number of aryl methyl sites for hydroxylation is 4. The lowest BCUT2D eigenvalue weighted by Gasteiger charge is -2.10. The predicted octanol–water partition coefficient (Wildman–Crippen LogP) is 4.00. The molecule has 1 aromatic carbocycles. The van der Waals surface area contributed by atoms with Gasteiger partial charge in [-0.15, -0.1) is 0 Å². The van der Waals surface area contributed by atoms with Crippen LogP contribution >= 0.6 is 0 Å². The Morgan fingerprint density at radius 1 is 1.17 bits per heavy atom. The summed E-state index contributed by atoms with van der Waals surface area (Å²) in [6, 6.07) is 5.86. The molecule has 2 heteroatoms. The van der Waals surface area contributed by atoms with Crippen LogP contribution in [0.1, 0.15) is 45.3 Å². The lowest BCUT2D eigenvalue weighted by atomic mass is 9.93. The molecular formula is C16H18O2. The zero-order valence-corrected chi connectivity index (χ0v) is 11.3. The summed E-state index contributed by atoms with van der Waals surface area (Å²) in [5, 5.41) is 0. The van der Waals surface area contributed by atoms with E-state index in [4.69, 9.17) is 4.42 Å². The molecule has 2 aromatic rings. The Labute approximate surface area is 108 Å². The number of benzene rings is 1. The van der Waals surface area contributed by atoms with Crippen molar-refractivity contribution in [3.8, 4) is 0 Å². The first kappa shape index (κ1) is 12.6. The van der Waals surface area contributed by atoms with Gasteiger partial charge in [0.2, 0.25) is 0 Å². The van der Waals surface area contributed by atoms with Gasteiger partial charge in [-0.25, -0.2) is 0 Å². The summed E-state index contributed by atoms with van der Waals surface area (Å²) < 4.78 is 5.34. The van der Waals surface area contributed by atoms with Crippen LogP contribution in [0.15, 0.2) is 28.9 Å². The van der Waals surface area contributed by atoms with Crippen LogP contribution in [0.4, 0.5) is 0 Å². The monoisotopic (exact) mass is 242 g/mol. The molecule has 18 heavy (non-hydrogen) atoms. The van der Waals surface area contributed by atoms with E-state index >= 15 is 0 Å². The molecule has 0 atom stereocenters. The average Bonchev–Trinajstić information content (AvgIpc) is 2.75. The highest BCUT2D eigenvalue weighted by atomic mass is 16.3. The van der Waals surface area contributed by atoms with E-state index in [0.717, 1.165) is 28.9 Å². The highest BCUT2D eigenvalue weighted by molar-refractivity contribution is 6.11. The quantitative estimate of drug-likeness (QED) is 0.761. The van der Waals surface area contributed by atoms with E-state index in [9.17, 15) is 4.79 Å². The molecular weight excluding hydrogens is 224 g/mol. The molecule has 1 aromatic heterocycles. The Morgan fingerprint density at radius 3 is 2.33 bits per heavy atom. The summed E-state index contributed by atoms with van der Waals surface area (Å²) in [4.78, 5) is 12.6. The maximum Gasteiger partial charge on any atom is 0.197 e. The van der Waals surface area contributed by atoms with Crippen LogP contribution in [0.25, 0.3) is 0 Å². The summed E-state index contributed by atoms with van der Waals surface area (Å²) in [5.41, 5.74) is 4.73. The van der Waals surface area contributed by atoms with Crippen LogP contribution in [0.5, 0.6) is 0 Å². The average molecular weight is 242 g/mol. The maximum atomic E-state index is 12.6. The van der Waals surface area contributed by atoms with E-state index in [-0.39, 0.29) is 5.78 Å². The highest BCUT2D eigenvalue weighted by Gasteiger charge is 2.19. The van der Waals surface area contributed by atoms with Gasteiger partial charge in [-0.05, 0) is 38.0 Å². The molecule has 2 nitrogen and oxygen atoms in total. The number of carbonyl (C=O) groups excluding carboxylic acids is 1. The topological polar surface area (TPSA) is 30.2 Å². The van der Waals surface area contributed by atoms with Crippen LogP contribution in [-0.2, 0) is 6.42 Å². The first-order valence-electron chi connectivity index (χ1n) is 6.23. The van der Waals surface area contributed by atoms with E-state index in [1.807, 2.05) is 39.8 Å². The Bertz CT molecular complexity index is 568. The van der Waals surface area contributed by atoms with E-state index in [1.165, 1.54) is 5.56 Å². The Hall–Kier alpha value is -1.83. The number of furan rings is 1. The number of hydrogen-bond acceptors (Lipinski definition) is 2. The molecule has 94 valence electrons. The van der Waals surface area contributed by atoms with Crippen molar-refractivity contribution >= 4 is 5.78 Å². The third-order valence-corrected chi connectivity index (χ3v) is 3.22. The van der Waals surface area contributed by atoms with Gasteiger partial charge in [-0.1, -0.05) is 24.6 Å². The van der Waals surface area contributed by atoms with Crippen LogP contribution in [0.2, 0.25) is 0 Å². The van der Waals surface area contributed by atoms with Crippen molar-refractivity contribution < 1.29 is 9.21 Å². The number of carbonyl (C=O) groups is 1. The minimum Gasteiger partial charge on any atom is -0.469 e.